The van der Waals surface area contributed by atoms with E-state index in [1.54, 1.807) is 6.07 Å². The van der Waals surface area contributed by atoms with E-state index in [0.29, 0.717) is 5.02 Å². The topological polar surface area (TPSA) is 55.7 Å². The van der Waals surface area contributed by atoms with E-state index in [1.807, 2.05) is 30.5 Å². The van der Waals surface area contributed by atoms with Crippen molar-refractivity contribution in [2.75, 3.05) is 11.4 Å². The maximum Gasteiger partial charge on any atom is 0.161 e. The van der Waals surface area contributed by atoms with Gasteiger partial charge in [0.05, 0.1) is 5.02 Å². The van der Waals surface area contributed by atoms with Crippen LogP contribution in [0, 0.1) is 11.3 Å². The molecule has 0 spiro atoms. The molecule has 22 heavy (non-hydrogen) atoms. The molecule has 0 amide bonds. The Hall–Kier alpha value is -2.51. The van der Waals surface area contributed by atoms with Crippen LogP contribution in [0.1, 0.15) is 18.2 Å². The van der Waals surface area contributed by atoms with E-state index in [-0.39, 0.29) is 5.69 Å². The highest BCUT2D eigenvalue weighted by molar-refractivity contribution is 6.31. The number of hydrogen-bond acceptors (Lipinski definition) is 3. The fourth-order valence-electron chi connectivity index (χ4n) is 2.51. The minimum Gasteiger partial charge on any atom is -0.361 e. The Balaban J connectivity index is 1.94. The fraction of sp³-hybridized carbons (Fsp3) is 0.176. The van der Waals surface area contributed by atoms with Gasteiger partial charge in [-0.2, -0.15) is 5.26 Å². The molecule has 0 radical (unpaired) electrons. The van der Waals surface area contributed by atoms with Crippen LogP contribution >= 0.6 is 11.6 Å². The number of nitrogens with zero attached hydrogens (tertiary/aromatic N) is 3. The molecule has 3 rings (SSSR count). The van der Waals surface area contributed by atoms with Crippen molar-refractivity contribution < 1.29 is 0 Å². The number of rotatable bonds is 4. The van der Waals surface area contributed by atoms with Crippen LogP contribution in [-0.2, 0) is 6.54 Å². The molecule has 0 unspecified atom stereocenters. The Morgan fingerprint density at radius 3 is 2.86 bits per heavy atom. The normalized spacial score (nSPS) is 10.6. The SMILES string of the molecule is CCN(Cc1c[nH]c2ccccc12)c1ccc(Cl)c(C#N)n1. The highest BCUT2D eigenvalue weighted by Crippen LogP contribution is 2.23. The molecule has 0 aliphatic rings. The summed E-state index contributed by atoms with van der Waals surface area (Å²) in [6, 6.07) is 13.8. The smallest absolute Gasteiger partial charge is 0.161 e. The Labute approximate surface area is 134 Å². The second kappa shape index (κ2) is 6.08. The number of aromatic amines is 1. The number of halogens is 1. The first-order valence-electron chi connectivity index (χ1n) is 7.09. The molecule has 1 N–H and O–H groups in total. The van der Waals surface area contributed by atoms with Gasteiger partial charge in [-0.1, -0.05) is 29.8 Å². The van der Waals surface area contributed by atoms with E-state index in [1.165, 1.54) is 10.9 Å². The molecule has 1 aromatic carbocycles. The van der Waals surface area contributed by atoms with Crippen molar-refractivity contribution in [3.8, 4) is 6.07 Å². The molecule has 2 heterocycles. The molecule has 5 heteroatoms. The number of pyridine rings is 1. The van der Waals surface area contributed by atoms with Gasteiger partial charge < -0.3 is 9.88 Å². The summed E-state index contributed by atoms with van der Waals surface area (Å²) in [4.78, 5) is 9.74. The predicted molar refractivity (Wildman–Crippen MR) is 89.0 cm³/mol. The van der Waals surface area contributed by atoms with Gasteiger partial charge in [0.1, 0.15) is 11.9 Å². The Bertz CT molecular complexity index is 847. The molecule has 0 atom stereocenters. The number of anilines is 1. The third kappa shape index (κ3) is 2.63. The number of para-hydroxylation sites is 1. The van der Waals surface area contributed by atoms with Crippen molar-refractivity contribution in [2.24, 2.45) is 0 Å². The molecular weight excluding hydrogens is 296 g/mol. The first-order valence-corrected chi connectivity index (χ1v) is 7.47. The van der Waals surface area contributed by atoms with E-state index in [9.17, 15) is 0 Å². The first kappa shape index (κ1) is 14.4. The molecule has 2 aromatic heterocycles. The molecule has 0 saturated heterocycles. The first-order chi connectivity index (χ1) is 10.7. The van der Waals surface area contributed by atoms with E-state index in [2.05, 4.69) is 33.9 Å². The van der Waals surface area contributed by atoms with Crippen LogP contribution in [0.3, 0.4) is 0 Å². The van der Waals surface area contributed by atoms with Gasteiger partial charge in [0, 0.05) is 30.2 Å². The van der Waals surface area contributed by atoms with E-state index >= 15 is 0 Å². The van der Waals surface area contributed by atoms with Crippen LogP contribution in [-0.4, -0.2) is 16.5 Å². The average Bonchev–Trinajstić information content (AvgIpc) is 2.96. The molecule has 0 saturated carbocycles. The zero-order valence-corrected chi connectivity index (χ0v) is 12.9. The second-order valence-corrected chi connectivity index (χ2v) is 5.39. The molecule has 3 aromatic rings. The summed E-state index contributed by atoms with van der Waals surface area (Å²) in [7, 11) is 0. The lowest BCUT2D eigenvalue weighted by molar-refractivity contribution is 0.816. The minimum atomic E-state index is 0.261. The van der Waals surface area contributed by atoms with Crippen LogP contribution in [0.2, 0.25) is 5.02 Å². The van der Waals surface area contributed by atoms with Gasteiger partial charge in [0.2, 0.25) is 0 Å². The molecule has 0 fully saturated rings. The lowest BCUT2D eigenvalue weighted by Gasteiger charge is -2.22. The van der Waals surface area contributed by atoms with Crippen LogP contribution in [0.4, 0.5) is 5.82 Å². The summed E-state index contributed by atoms with van der Waals surface area (Å²) in [5.41, 5.74) is 2.58. The highest BCUT2D eigenvalue weighted by atomic mass is 35.5. The third-order valence-electron chi connectivity index (χ3n) is 3.68. The number of aromatic nitrogens is 2. The lowest BCUT2D eigenvalue weighted by atomic mass is 10.1. The maximum atomic E-state index is 9.07. The van der Waals surface area contributed by atoms with Gasteiger partial charge in [-0.25, -0.2) is 4.98 Å². The molecular formula is C17H15ClN4. The van der Waals surface area contributed by atoms with Crippen LogP contribution in [0.25, 0.3) is 10.9 Å². The van der Waals surface area contributed by atoms with Gasteiger partial charge >= 0.3 is 0 Å². The van der Waals surface area contributed by atoms with Gasteiger partial charge in [-0.3, -0.25) is 0 Å². The second-order valence-electron chi connectivity index (χ2n) is 4.99. The Morgan fingerprint density at radius 1 is 1.27 bits per heavy atom. The molecule has 0 bridgehead atoms. The Morgan fingerprint density at radius 2 is 2.09 bits per heavy atom. The summed E-state index contributed by atoms with van der Waals surface area (Å²) >= 11 is 5.96. The van der Waals surface area contributed by atoms with Crippen molar-refractivity contribution >= 4 is 28.3 Å². The minimum absolute atomic E-state index is 0.261. The molecule has 4 nitrogen and oxygen atoms in total. The van der Waals surface area contributed by atoms with Crippen molar-refractivity contribution in [1.82, 2.24) is 9.97 Å². The quantitative estimate of drug-likeness (QED) is 0.788. The van der Waals surface area contributed by atoms with Crippen LogP contribution < -0.4 is 4.90 Å². The standard InChI is InChI=1S/C17H15ClN4/c1-2-22(17-8-7-14(18)16(9-19)21-17)11-12-10-20-15-6-4-3-5-13(12)15/h3-8,10,20H,2,11H2,1H3. The summed E-state index contributed by atoms with van der Waals surface area (Å²) in [5.74, 6) is 0.758. The monoisotopic (exact) mass is 310 g/mol. The van der Waals surface area contributed by atoms with Crippen LogP contribution in [0.15, 0.2) is 42.6 Å². The number of fused-ring (bicyclic) bond motifs is 1. The highest BCUT2D eigenvalue weighted by Gasteiger charge is 2.12. The van der Waals surface area contributed by atoms with Crippen LogP contribution in [0.5, 0.6) is 0 Å². The number of nitriles is 1. The molecule has 110 valence electrons. The number of benzene rings is 1. The third-order valence-corrected chi connectivity index (χ3v) is 3.98. The number of nitrogens with one attached hydrogen (secondary N) is 1. The lowest BCUT2D eigenvalue weighted by Crippen LogP contribution is -2.23. The van der Waals surface area contributed by atoms with Crippen molar-refractivity contribution in [3.05, 3.63) is 58.9 Å². The molecule has 0 aliphatic heterocycles. The summed E-state index contributed by atoms with van der Waals surface area (Å²) in [6.45, 7) is 3.58. The van der Waals surface area contributed by atoms with Gasteiger partial charge in [0.25, 0.3) is 0 Å². The van der Waals surface area contributed by atoms with Crippen molar-refractivity contribution in [2.45, 2.75) is 13.5 Å². The van der Waals surface area contributed by atoms with E-state index in [4.69, 9.17) is 16.9 Å². The van der Waals surface area contributed by atoms with E-state index < -0.39 is 0 Å². The van der Waals surface area contributed by atoms with E-state index in [0.717, 1.165) is 24.4 Å². The maximum absolute atomic E-state index is 9.07. The zero-order chi connectivity index (χ0) is 15.5. The summed E-state index contributed by atoms with van der Waals surface area (Å²) in [5, 5.41) is 10.7. The number of H-pyrrole nitrogens is 1. The van der Waals surface area contributed by atoms with Gasteiger partial charge in [-0.05, 0) is 30.7 Å². The Kier molecular flexibility index (Phi) is 3.99. The summed E-state index contributed by atoms with van der Waals surface area (Å²) < 4.78 is 0. The molecule has 0 aliphatic carbocycles. The number of hydrogen-bond donors (Lipinski definition) is 1. The van der Waals surface area contributed by atoms with Crippen molar-refractivity contribution in [1.29, 1.82) is 5.26 Å². The average molecular weight is 311 g/mol. The van der Waals surface area contributed by atoms with Gasteiger partial charge in [-0.15, -0.1) is 0 Å². The predicted octanol–water partition coefficient (Wildman–Crippen LogP) is 4.11. The fourth-order valence-corrected chi connectivity index (χ4v) is 2.66. The summed E-state index contributed by atoms with van der Waals surface area (Å²) in [6.07, 6.45) is 2.02. The largest absolute Gasteiger partial charge is 0.361 e. The zero-order valence-electron chi connectivity index (χ0n) is 12.2. The van der Waals surface area contributed by atoms with Crippen molar-refractivity contribution in [3.63, 3.8) is 0 Å². The van der Waals surface area contributed by atoms with Gasteiger partial charge in [0.15, 0.2) is 5.69 Å².